The van der Waals surface area contributed by atoms with Gasteiger partial charge in [-0.05, 0) is 42.5 Å². The number of anilines is 1. The fourth-order valence-corrected chi connectivity index (χ4v) is 4.84. The third-order valence-corrected chi connectivity index (χ3v) is 6.89. The number of carbonyl (C=O) groups is 1. The highest BCUT2D eigenvalue weighted by Crippen LogP contribution is 2.37. The normalized spacial score (nSPS) is 15.7. The lowest BCUT2D eigenvalue weighted by molar-refractivity contribution is -0.127. The number of sulfonamides is 1. The second-order valence-corrected chi connectivity index (χ2v) is 9.17. The molecule has 0 saturated heterocycles. The van der Waals surface area contributed by atoms with Crippen LogP contribution in [0.15, 0.2) is 77.7 Å². The van der Waals surface area contributed by atoms with Gasteiger partial charge in [0.2, 0.25) is 0 Å². The first kappa shape index (κ1) is 21.1. The average molecular weight is 461 g/mol. The smallest absolute Gasteiger partial charge is 0.264 e. The molecule has 9 heteroatoms. The number of hydrogen-bond acceptors (Lipinski definition) is 4. The first-order valence-electron chi connectivity index (χ1n) is 9.41. The molecule has 0 bridgehead atoms. The van der Waals surface area contributed by atoms with Crippen molar-refractivity contribution in [2.75, 3.05) is 10.8 Å². The van der Waals surface area contributed by atoms with Gasteiger partial charge in [0.05, 0.1) is 17.1 Å². The predicted molar refractivity (Wildman–Crippen MR) is 115 cm³/mol. The van der Waals surface area contributed by atoms with Crippen molar-refractivity contribution < 1.29 is 22.3 Å². The molecule has 1 N–H and O–H groups in total. The van der Waals surface area contributed by atoms with Crippen molar-refractivity contribution in [2.45, 2.75) is 17.5 Å². The Labute approximate surface area is 184 Å². The van der Waals surface area contributed by atoms with Crippen LogP contribution in [-0.2, 0) is 21.4 Å². The zero-order chi connectivity index (χ0) is 22.0. The Bertz CT molecular complexity index is 1220. The lowest BCUT2D eigenvalue weighted by atomic mass is 10.2. The molecule has 3 aromatic carbocycles. The minimum absolute atomic E-state index is 0.0408. The van der Waals surface area contributed by atoms with Crippen LogP contribution in [0.25, 0.3) is 0 Å². The van der Waals surface area contributed by atoms with E-state index in [9.17, 15) is 17.6 Å². The van der Waals surface area contributed by atoms with Crippen LogP contribution in [0, 0.1) is 5.82 Å². The Kier molecular flexibility index (Phi) is 5.84. The SMILES string of the molecule is O=C(NCc1ccccc1F)C1CN(S(=O)(=O)c2ccc(Cl)cc2)c2ccccc2O1. The van der Waals surface area contributed by atoms with Gasteiger partial charge in [0, 0.05) is 17.1 Å². The van der Waals surface area contributed by atoms with Gasteiger partial charge in [0.25, 0.3) is 15.9 Å². The van der Waals surface area contributed by atoms with Crippen molar-refractivity contribution in [1.29, 1.82) is 0 Å². The van der Waals surface area contributed by atoms with Gasteiger partial charge in [-0.2, -0.15) is 0 Å². The molecule has 0 saturated carbocycles. The van der Waals surface area contributed by atoms with Gasteiger partial charge in [-0.15, -0.1) is 0 Å². The summed E-state index contributed by atoms with van der Waals surface area (Å²) in [4.78, 5) is 12.8. The number of benzene rings is 3. The van der Waals surface area contributed by atoms with E-state index >= 15 is 0 Å². The van der Waals surface area contributed by atoms with E-state index in [1.165, 1.54) is 30.3 Å². The van der Waals surface area contributed by atoms with Gasteiger partial charge in [-0.3, -0.25) is 9.10 Å². The summed E-state index contributed by atoms with van der Waals surface area (Å²) >= 11 is 5.88. The minimum atomic E-state index is -3.98. The first-order chi connectivity index (χ1) is 14.9. The van der Waals surface area contributed by atoms with Gasteiger partial charge >= 0.3 is 0 Å². The van der Waals surface area contributed by atoms with Crippen LogP contribution in [0.1, 0.15) is 5.56 Å². The monoisotopic (exact) mass is 460 g/mol. The second kappa shape index (κ2) is 8.56. The highest BCUT2D eigenvalue weighted by Gasteiger charge is 2.37. The molecule has 0 aliphatic carbocycles. The highest BCUT2D eigenvalue weighted by atomic mass is 35.5. The fraction of sp³-hybridized carbons (Fsp3) is 0.136. The summed E-state index contributed by atoms with van der Waals surface area (Å²) in [6, 6.07) is 18.4. The topological polar surface area (TPSA) is 75.7 Å². The van der Waals surface area contributed by atoms with Crippen LogP contribution in [-0.4, -0.2) is 27.0 Å². The molecule has 1 unspecified atom stereocenters. The maximum atomic E-state index is 13.8. The number of ether oxygens (including phenoxy) is 1. The first-order valence-corrected chi connectivity index (χ1v) is 11.2. The molecule has 1 heterocycles. The fourth-order valence-electron chi connectivity index (χ4n) is 3.24. The van der Waals surface area contributed by atoms with Gasteiger partial charge in [-0.25, -0.2) is 12.8 Å². The maximum Gasteiger partial charge on any atom is 0.264 e. The summed E-state index contributed by atoms with van der Waals surface area (Å²) in [5.41, 5.74) is 0.647. The molecule has 0 fully saturated rings. The summed E-state index contributed by atoms with van der Waals surface area (Å²) in [5, 5.41) is 3.03. The number of nitrogens with zero attached hydrogens (tertiary/aromatic N) is 1. The lowest BCUT2D eigenvalue weighted by Crippen LogP contribution is -2.50. The van der Waals surface area contributed by atoms with E-state index in [2.05, 4.69) is 5.32 Å². The zero-order valence-corrected chi connectivity index (χ0v) is 17.7. The molecule has 31 heavy (non-hydrogen) atoms. The lowest BCUT2D eigenvalue weighted by Gasteiger charge is -2.34. The molecule has 6 nitrogen and oxygen atoms in total. The number of fused-ring (bicyclic) bond motifs is 1. The second-order valence-electron chi connectivity index (χ2n) is 6.87. The standard InChI is InChI=1S/C22H18ClFN2O4S/c23-16-9-11-17(12-10-16)31(28,29)26-14-21(30-20-8-4-3-7-19(20)26)22(27)25-13-15-5-1-2-6-18(15)24/h1-12,21H,13-14H2,(H,25,27). The Balaban J connectivity index is 1.60. The molecule has 1 amide bonds. The van der Waals surface area contributed by atoms with Crippen molar-refractivity contribution in [1.82, 2.24) is 5.32 Å². The summed E-state index contributed by atoms with van der Waals surface area (Å²) in [6.45, 7) is -0.276. The Morgan fingerprint density at radius 2 is 1.74 bits per heavy atom. The number of rotatable bonds is 5. The molecule has 0 radical (unpaired) electrons. The summed E-state index contributed by atoms with van der Waals surface area (Å²) in [5.74, 6) is -0.726. The van der Waals surface area contributed by atoms with E-state index in [1.807, 2.05) is 0 Å². The van der Waals surface area contributed by atoms with Crippen molar-refractivity contribution >= 4 is 33.2 Å². The van der Waals surface area contributed by atoms with Crippen LogP contribution in [0.5, 0.6) is 5.75 Å². The Morgan fingerprint density at radius 1 is 1.06 bits per heavy atom. The average Bonchev–Trinajstić information content (AvgIpc) is 2.78. The molecule has 3 aromatic rings. The van der Waals surface area contributed by atoms with Crippen LogP contribution in [0.2, 0.25) is 5.02 Å². The van der Waals surface area contributed by atoms with E-state index in [0.29, 0.717) is 16.3 Å². The summed E-state index contributed by atoms with van der Waals surface area (Å²) in [7, 11) is -3.98. The third kappa shape index (κ3) is 4.35. The molecule has 0 aromatic heterocycles. The number of amides is 1. The van der Waals surface area contributed by atoms with E-state index in [1.54, 1.807) is 42.5 Å². The largest absolute Gasteiger partial charge is 0.476 e. The highest BCUT2D eigenvalue weighted by molar-refractivity contribution is 7.92. The van der Waals surface area contributed by atoms with Crippen LogP contribution < -0.4 is 14.4 Å². The summed E-state index contributed by atoms with van der Waals surface area (Å²) < 4.78 is 47.3. The van der Waals surface area contributed by atoms with Crippen LogP contribution in [0.4, 0.5) is 10.1 Å². The third-order valence-electron chi connectivity index (χ3n) is 4.84. The number of hydrogen-bond donors (Lipinski definition) is 1. The Morgan fingerprint density at radius 3 is 2.48 bits per heavy atom. The predicted octanol–water partition coefficient (Wildman–Crippen LogP) is 3.75. The molecule has 0 spiro atoms. The molecular weight excluding hydrogens is 443 g/mol. The van der Waals surface area contributed by atoms with E-state index in [-0.39, 0.29) is 23.7 Å². The zero-order valence-electron chi connectivity index (χ0n) is 16.2. The number of carbonyl (C=O) groups excluding carboxylic acids is 1. The molecule has 160 valence electrons. The maximum absolute atomic E-state index is 13.8. The van der Waals surface area contributed by atoms with E-state index in [4.69, 9.17) is 16.3 Å². The molecule has 1 aliphatic rings. The van der Waals surface area contributed by atoms with Gasteiger partial charge in [0.1, 0.15) is 11.6 Å². The van der Waals surface area contributed by atoms with Gasteiger partial charge in [-0.1, -0.05) is 41.9 Å². The molecule has 1 atom stereocenters. The summed E-state index contributed by atoms with van der Waals surface area (Å²) in [6.07, 6.45) is -1.11. The van der Waals surface area contributed by atoms with Crippen LogP contribution in [0.3, 0.4) is 0 Å². The van der Waals surface area contributed by atoms with Crippen molar-refractivity contribution in [3.05, 3.63) is 89.2 Å². The van der Waals surface area contributed by atoms with E-state index < -0.39 is 27.9 Å². The van der Waals surface area contributed by atoms with Crippen molar-refractivity contribution in [2.24, 2.45) is 0 Å². The van der Waals surface area contributed by atoms with Crippen LogP contribution >= 0.6 is 11.6 Å². The number of para-hydroxylation sites is 2. The molecule has 1 aliphatic heterocycles. The minimum Gasteiger partial charge on any atom is -0.476 e. The number of nitrogens with one attached hydrogen (secondary N) is 1. The Hall–Kier alpha value is -3.10. The molecular formula is C22H18ClFN2O4S. The van der Waals surface area contributed by atoms with Gasteiger partial charge < -0.3 is 10.1 Å². The van der Waals surface area contributed by atoms with E-state index in [0.717, 1.165) is 4.31 Å². The quantitative estimate of drug-likeness (QED) is 0.629. The van der Waals surface area contributed by atoms with Gasteiger partial charge in [0.15, 0.2) is 6.10 Å². The van der Waals surface area contributed by atoms with Crippen molar-refractivity contribution in [3.63, 3.8) is 0 Å². The van der Waals surface area contributed by atoms with Crippen molar-refractivity contribution in [3.8, 4) is 5.75 Å². The number of halogens is 2. The molecule has 4 rings (SSSR count).